The van der Waals surface area contributed by atoms with Crippen LogP contribution in [0.4, 0.5) is 0 Å². The lowest BCUT2D eigenvalue weighted by Crippen LogP contribution is -1.95. The Balaban J connectivity index is -0.0000000287. The minimum absolute atomic E-state index is 0.852. The SMILES string of the molecule is CC.CC.CC.CC.CC(C)C(C)C. The second-order valence-corrected chi connectivity index (χ2v) is 2.49. The minimum atomic E-state index is 0.852. The van der Waals surface area contributed by atoms with E-state index in [9.17, 15) is 0 Å². The molecule has 0 N–H and O–H groups in total. The van der Waals surface area contributed by atoms with Gasteiger partial charge in [0.15, 0.2) is 0 Å². The van der Waals surface area contributed by atoms with Gasteiger partial charge in [-0.2, -0.15) is 0 Å². The normalized spacial score (nSPS) is 6.43. The topological polar surface area (TPSA) is 0 Å². The van der Waals surface area contributed by atoms with Gasteiger partial charge in [0.25, 0.3) is 0 Å². The van der Waals surface area contributed by atoms with Gasteiger partial charge in [-0.1, -0.05) is 83.1 Å². The summed E-state index contributed by atoms with van der Waals surface area (Å²) in [7, 11) is 0. The van der Waals surface area contributed by atoms with Crippen LogP contribution in [0, 0.1) is 11.8 Å². The third-order valence-corrected chi connectivity index (χ3v) is 1.33. The monoisotopic (exact) mass is 206 g/mol. The van der Waals surface area contributed by atoms with Gasteiger partial charge in [0.05, 0.1) is 0 Å². The summed E-state index contributed by atoms with van der Waals surface area (Å²) in [5.74, 6) is 1.70. The maximum absolute atomic E-state index is 2.24. The van der Waals surface area contributed by atoms with Crippen LogP contribution >= 0.6 is 0 Å². The lowest BCUT2D eigenvalue weighted by Gasteiger charge is -2.05. The van der Waals surface area contributed by atoms with E-state index in [0.717, 1.165) is 11.8 Å². The van der Waals surface area contributed by atoms with Crippen LogP contribution in [0.3, 0.4) is 0 Å². The number of hydrogen-bond donors (Lipinski definition) is 0. The van der Waals surface area contributed by atoms with E-state index in [2.05, 4.69) is 27.7 Å². The second kappa shape index (κ2) is 52.0. The third-order valence-electron chi connectivity index (χ3n) is 1.33. The fraction of sp³-hybridized carbons (Fsp3) is 1.00. The molecule has 0 aliphatic heterocycles. The van der Waals surface area contributed by atoms with E-state index < -0.39 is 0 Å². The van der Waals surface area contributed by atoms with Gasteiger partial charge in [-0.25, -0.2) is 0 Å². The summed E-state index contributed by atoms with van der Waals surface area (Å²) in [6.45, 7) is 25.0. The van der Waals surface area contributed by atoms with Crippen LogP contribution in [-0.2, 0) is 0 Å². The third kappa shape index (κ3) is 90.8. The van der Waals surface area contributed by atoms with E-state index in [1.807, 2.05) is 55.4 Å². The van der Waals surface area contributed by atoms with Crippen LogP contribution in [0.25, 0.3) is 0 Å². The average Bonchev–Trinajstić information content (AvgIpc) is 2.29. The van der Waals surface area contributed by atoms with Crippen LogP contribution in [0.15, 0.2) is 0 Å². The summed E-state index contributed by atoms with van der Waals surface area (Å²) in [5.41, 5.74) is 0. The Hall–Kier alpha value is 0. The largest absolute Gasteiger partial charge is 0.0683 e. The Morgan fingerprint density at radius 2 is 0.429 bits per heavy atom. The molecule has 0 rings (SSSR count). The molecule has 0 atom stereocenters. The molecular formula is C14H38. The predicted molar refractivity (Wildman–Crippen MR) is 75.1 cm³/mol. The quantitative estimate of drug-likeness (QED) is 0.465. The molecule has 0 radical (unpaired) electrons. The molecule has 0 bridgehead atoms. The highest BCUT2D eigenvalue weighted by molar-refractivity contribution is 4.46. The molecule has 0 fully saturated rings. The van der Waals surface area contributed by atoms with Crippen LogP contribution in [0.1, 0.15) is 83.1 Å². The highest BCUT2D eigenvalue weighted by Gasteiger charge is 1.95. The van der Waals surface area contributed by atoms with Crippen molar-refractivity contribution in [2.75, 3.05) is 0 Å². The van der Waals surface area contributed by atoms with Gasteiger partial charge < -0.3 is 0 Å². The van der Waals surface area contributed by atoms with Crippen molar-refractivity contribution in [3.05, 3.63) is 0 Å². The highest BCUT2D eigenvalue weighted by atomic mass is 14.0. The molecule has 0 amide bonds. The first-order valence-corrected chi connectivity index (χ1v) is 6.64. The first kappa shape index (κ1) is 29.2. The molecule has 0 aromatic carbocycles. The Kier molecular flexibility index (Phi) is 108. The first-order valence-electron chi connectivity index (χ1n) is 6.64. The summed E-state index contributed by atoms with van der Waals surface area (Å²) < 4.78 is 0. The van der Waals surface area contributed by atoms with Gasteiger partial charge in [-0.3, -0.25) is 0 Å². The maximum atomic E-state index is 2.24. The average molecular weight is 206 g/mol. The Morgan fingerprint density at radius 3 is 0.429 bits per heavy atom. The molecule has 0 saturated carbocycles. The molecule has 0 heterocycles. The number of rotatable bonds is 1. The molecule has 0 heteroatoms. The van der Waals surface area contributed by atoms with Crippen molar-refractivity contribution in [3.8, 4) is 0 Å². The maximum Gasteiger partial charge on any atom is -0.0448 e. The van der Waals surface area contributed by atoms with E-state index in [1.165, 1.54) is 0 Å². The zero-order chi connectivity index (χ0) is 13.2. The fourth-order valence-electron chi connectivity index (χ4n) is 0. The van der Waals surface area contributed by atoms with Crippen LogP contribution in [-0.4, -0.2) is 0 Å². The Morgan fingerprint density at radius 1 is 0.357 bits per heavy atom. The van der Waals surface area contributed by atoms with E-state index >= 15 is 0 Å². The van der Waals surface area contributed by atoms with E-state index in [0.29, 0.717) is 0 Å². The van der Waals surface area contributed by atoms with Crippen molar-refractivity contribution in [1.82, 2.24) is 0 Å². The number of hydrogen-bond acceptors (Lipinski definition) is 0. The molecule has 0 saturated heterocycles. The van der Waals surface area contributed by atoms with Gasteiger partial charge in [-0.15, -0.1) is 0 Å². The molecule has 0 unspecified atom stereocenters. The smallest absolute Gasteiger partial charge is 0.0448 e. The van der Waals surface area contributed by atoms with Gasteiger partial charge in [0, 0.05) is 0 Å². The molecule has 0 aromatic rings. The molecule has 0 spiro atoms. The van der Waals surface area contributed by atoms with Crippen molar-refractivity contribution in [1.29, 1.82) is 0 Å². The fourth-order valence-corrected chi connectivity index (χ4v) is 0. The van der Waals surface area contributed by atoms with Gasteiger partial charge in [0.1, 0.15) is 0 Å². The van der Waals surface area contributed by atoms with Crippen molar-refractivity contribution < 1.29 is 0 Å². The summed E-state index contributed by atoms with van der Waals surface area (Å²) >= 11 is 0. The van der Waals surface area contributed by atoms with Crippen LogP contribution < -0.4 is 0 Å². The van der Waals surface area contributed by atoms with Gasteiger partial charge >= 0.3 is 0 Å². The standard InChI is InChI=1S/C6H14.4C2H6/c1-5(2)6(3)4;4*1-2/h5-6H,1-4H3;4*1-2H3. The molecule has 0 aliphatic rings. The second-order valence-electron chi connectivity index (χ2n) is 2.49. The lowest BCUT2D eigenvalue weighted by atomic mass is 10.0. The zero-order valence-electron chi connectivity index (χ0n) is 13.2. The Labute approximate surface area is 95.5 Å². The van der Waals surface area contributed by atoms with E-state index in [4.69, 9.17) is 0 Å². The van der Waals surface area contributed by atoms with Crippen LogP contribution in [0.2, 0.25) is 0 Å². The zero-order valence-corrected chi connectivity index (χ0v) is 13.2. The molecule has 0 nitrogen and oxygen atoms in total. The first-order chi connectivity index (χ1) is 6.64. The van der Waals surface area contributed by atoms with Crippen molar-refractivity contribution >= 4 is 0 Å². The van der Waals surface area contributed by atoms with E-state index in [-0.39, 0.29) is 0 Å². The van der Waals surface area contributed by atoms with Gasteiger partial charge in [0.2, 0.25) is 0 Å². The minimum Gasteiger partial charge on any atom is -0.0683 e. The molecular weight excluding hydrogens is 168 g/mol. The van der Waals surface area contributed by atoms with Gasteiger partial charge in [-0.05, 0) is 11.8 Å². The molecule has 0 aliphatic carbocycles. The molecule has 94 valence electrons. The van der Waals surface area contributed by atoms with Crippen molar-refractivity contribution in [3.63, 3.8) is 0 Å². The van der Waals surface area contributed by atoms with Crippen molar-refractivity contribution in [2.45, 2.75) is 83.1 Å². The Bertz CT molecular complexity index is 21.0. The molecule has 0 aromatic heterocycles. The summed E-state index contributed by atoms with van der Waals surface area (Å²) in [6, 6.07) is 0. The predicted octanol–water partition coefficient (Wildman–Crippen LogP) is 6.40. The van der Waals surface area contributed by atoms with Crippen molar-refractivity contribution in [2.24, 2.45) is 11.8 Å². The van der Waals surface area contributed by atoms with E-state index in [1.54, 1.807) is 0 Å². The van der Waals surface area contributed by atoms with Crippen LogP contribution in [0.5, 0.6) is 0 Å². The summed E-state index contributed by atoms with van der Waals surface area (Å²) in [6.07, 6.45) is 0. The summed E-state index contributed by atoms with van der Waals surface area (Å²) in [5, 5.41) is 0. The lowest BCUT2D eigenvalue weighted by molar-refractivity contribution is 0.457. The summed E-state index contributed by atoms with van der Waals surface area (Å²) in [4.78, 5) is 0. The highest BCUT2D eigenvalue weighted by Crippen LogP contribution is 2.05. The molecule has 14 heavy (non-hydrogen) atoms.